The number of oxime groups is 1. The highest BCUT2D eigenvalue weighted by Gasteiger charge is 2.23. The largest absolute Gasteiger partial charge is 0.490 e. The molecule has 19 heavy (non-hydrogen) atoms. The Morgan fingerprint density at radius 2 is 1.95 bits per heavy atom. The monoisotopic (exact) mass is 265 g/mol. The van der Waals surface area contributed by atoms with Gasteiger partial charge in [-0.2, -0.15) is 0 Å². The van der Waals surface area contributed by atoms with Gasteiger partial charge in [-0.1, -0.05) is 30.6 Å². The molecule has 0 heterocycles. The lowest BCUT2D eigenvalue weighted by atomic mass is 9.99. The predicted molar refractivity (Wildman–Crippen MR) is 76.2 cm³/mol. The Labute approximate surface area is 114 Å². The average Bonchev–Trinajstić information content (AvgIpc) is 2.44. The van der Waals surface area contributed by atoms with Gasteiger partial charge in [-0.3, -0.25) is 0 Å². The van der Waals surface area contributed by atoms with Gasteiger partial charge in [0.1, 0.15) is 12.4 Å². The van der Waals surface area contributed by atoms with E-state index in [1.807, 2.05) is 39.0 Å². The highest BCUT2D eigenvalue weighted by Crippen LogP contribution is 2.24. The second-order valence-corrected chi connectivity index (χ2v) is 4.91. The Kier molecular flexibility index (Phi) is 5.36. The van der Waals surface area contributed by atoms with Crippen LogP contribution in [0.25, 0.3) is 0 Å². The van der Waals surface area contributed by atoms with Crippen molar-refractivity contribution in [2.45, 2.75) is 46.1 Å². The van der Waals surface area contributed by atoms with Gasteiger partial charge in [0.2, 0.25) is 0 Å². The van der Waals surface area contributed by atoms with Crippen LogP contribution >= 0.6 is 0 Å². The van der Waals surface area contributed by atoms with Crippen molar-refractivity contribution in [3.63, 3.8) is 0 Å². The number of aryl methyl sites for hydroxylation is 1. The molecule has 1 aromatic carbocycles. The number of ether oxygens (including phenoxy) is 1. The number of benzene rings is 1. The third-order valence-electron chi connectivity index (χ3n) is 3.49. The summed E-state index contributed by atoms with van der Waals surface area (Å²) < 4.78 is 5.72. The maximum Gasteiger partial charge on any atom is 0.128 e. The van der Waals surface area contributed by atoms with Gasteiger partial charge in [0.05, 0.1) is 11.3 Å². The third-order valence-corrected chi connectivity index (χ3v) is 3.49. The Balaban J connectivity index is 2.95. The quantitative estimate of drug-likeness (QED) is 0.472. The Morgan fingerprint density at radius 3 is 2.47 bits per heavy atom. The summed E-state index contributed by atoms with van der Waals surface area (Å²) in [6.07, 6.45) is 1.27. The van der Waals surface area contributed by atoms with Crippen LogP contribution in [0.15, 0.2) is 23.4 Å². The van der Waals surface area contributed by atoms with Crippen molar-refractivity contribution < 1.29 is 15.1 Å². The molecule has 0 spiro atoms. The van der Waals surface area contributed by atoms with Crippen LogP contribution in [0.5, 0.6) is 5.75 Å². The highest BCUT2D eigenvalue weighted by molar-refractivity contribution is 6.00. The van der Waals surface area contributed by atoms with Crippen LogP contribution in [0.1, 0.15) is 44.7 Å². The van der Waals surface area contributed by atoms with Crippen molar-refractivity contribution in [3.05, 3.63) is 29.3 Å². The highest BCUT2D eigenvalue weighted by atomic mass is 16.5. The fourth-order valence-electron chi connectivity index (χ4n) is 1.77. The molecule has 4 heteroatoms. The molecule has 1 aromatic rings. The molecule has 0 aliphatic rings. The molecule has 0 amide bonds. The lowest BCUT2D eigenvalue weighted by Crippen LogP contribution is -2.34. The van der Waals surface area contributed by atoms with Gasteiger partial charge in [0.25, 0.3) is 0 Å². The van der Waals surface area contributed by atoms with Crippen molar-refractivity contribution in [2.75, 3.05) is 6.61 Å². The molecule has 0 saturated carbocycles. The topological polar surface area (TPSA) is 62.0 Å². The molecule has 0 atom stereocenters. The van der Waals surface area contributed by atoms with Crippen LogP contribution in [0.2, 0.25) is 0 Å². The average molecular weight is 265 g/mol. The molecule has 0 radical (unpaired) electrons. The first-order chi connectivity index (χ1) is 8.95. The number of aliphatic hydroxyl groups is 1. The Morgan fingerprint density at radius 1 is 1.32 bits per heavy atom. The van der Waals surface area contributed by atoms with Crippen molar-refractivity contribution in [1.82, 2.24) is 0 Å². The molecule has 0 aliphatic carbocycles. The minimum atomic E-state index is -0.813. The molecule has 1 rings (SSSR count). The van der Waals surface area contributed by atoms with E-state index in [4.69, 9.17) is 9.94 Å². The molecular weight excluding hydrogens is 242 g/mol. The first-order valence-corrected chi connectivity index (χ1v) is 6.60. The zero-order valence-corrected chi connectivity index (χ0v) is 12.1. The van der Waals surface area contributed by atoms with E-state index in [-0.39, 0.29) is 6.61 Å². The molecule has 0 bridgehead atoms. The van der Waals surface area contributed by atoms with E-state index in [1.165, 1.54) is 0 Å². The lowest BCUT2D eigenvalue weighted by Gasteiger charge is -2.25. The number of hydrogen-bond acceptors (Lipinski definition) is 4. The maximum atomic E-state index is 10.2. The van der Waals surface area contributed by atoms with Crippen LogP contribution in [0, 0.1) is 6.92 Å². The summed E-state index contributed by atoms with van der Waals surface area (Å²) in [6.45, 7) is 7.78. The molecule has 4 nitrogen and oxygen atoms in total. The third kappa shape index (κ3) is 3.96. The summed E-state index contributed by atoms with van der Waals surface area (Å²) in [6, 6.07) is 5.67. The Hall–Kier alpha value is -1.55. The van der Waals surface area contributed by atoms with E-state index in [1.54, 1.807) is 6.92 Å². The van der Waals surface area contributed by atoms with Crippen LogP contribution in [0.3, 0.4) is 0 Å². The van der Waals surface area contributed by atoms with Gasteiger partial charge in [0.15, 0.2) is 0 Å². The molecule has 106 valence electrons. The zero-order chi connectivity index (χ0) is 14.5. The van der Waals surface area contributed by atoms with E-state index in [0.29, 0.717) is 24.3 Å². The Bertz CT molecular complexity index is 451. The van der Waals surface area contributed by atoms with Gasteiger partial charge in [0, 0.05) is 5.56 Å². The van der Waals surface area contributed by atoms with Crippen LogP contribution in [0.4, 0.5) is 0 Å². The number of rotatable bonds is 6. The lowest BCUT2D eigenvalue weighted by molar-refractivity contribution is -0.0114. The maximum absolute atomic E-state index is 10.2. The second-order valence-electron chi connectivity index (χ2n) is 4.91. The molecule has 0 saturated heterocycles. The number of nitrogens with zero attached hydrogens (tertiary/aromatic N) is 1. The van der Waals surface area contributed by atoms with E-state index < -0.39 is 5.60 Å². The van der Waals surface area contributed by atoms with E-state index in [2.05, 4.69) is 5.16 Å². The molecule has 2 N–H and O–H groups in total. The fraction of sp³-hybridized carbons (Fsp3) is 0.533. The summed E-state index contributed by atoms with van der Waals surface area (Å²) in [5.74, 6) is 0.626. The smallest absolute Gasteiger partial charge is 0.128 e. The predicted octanol–water partition coefficient (Wildman–Crippen LogP) is 3.12. The molecular formula is C15H23NO3. The van der Waals surface area contributed by atoms with Crippen LogP contribution in [-0.4, -0.2) is 28.2 Å². The van der Waals surface area contributed by atoms with Gasteiger partial charge in [-0.05, 0) is 38.8 Å². The van der Waals surface area contributed by atoms with Crippen molar-refractivity contribution in [2.24, 2.45) is 5.16 Å². The van der Waals surface area contributed by atoms with Gasteiger partial charge < -0.3 is 15.1 Å². The van der Waals surface area contributed by atoms with Crippen molar-refractivity contribution >= 4 is 5.71 Å². The summed E-state index contributed by atoms with van der Waals surface area (Å²) in [5.41, 5.74) is 1.49. The van der Waals surface area contributed by atoms with E-state index >= 15 is 0 Å². The standard InChI is InChI=1S/C15H23NO3/c1-5-15(17,6-2)10-19-14-8-7-11(3)9-13(14)12(4)16-18/h7-9,17-18H,5-6,10H2,1-4H3/b16-12+. The molecule has 0 unspecified atom stereocenters. The SMILES string of the molecule is CCC(O)(CC)COc1ccc(C)cc1/C(C)=N/O. The molecule has 0 aromatic heterocycles. The fourth-order valence-corrected chi connectivity index (χ4v) is 1.77. The zero-order valence-electron chi connectivity index (χ0n) is 12.1. The summed E-state index contributed by atoms with van der Waals surface area (Å²) >= 11 is 0. The first-order valence-electron chi connectivity index (χ1n) is 6.60. The van der Waals surface area contributed by atoms with E-state index in [0.717, 1.165) is 11.1 Å². The van der Waals surface area contributed by atoms with Crippen LogP contribution < -0.4 is 4.74 Å². The van der Waals surface area contributed by atoms with E-state index in [9.17, 15) is 5.11 Å². The summed E-state index contributed by atoms with van der Waals surface area (Å²) in [4.78, 5) is 0. The van der Waals surface area contributed by atoms with Crippen molar-refractivity contribution in [1.29, 1.82) is 0 Å². The number of hydrogen-bond donors (Lipinski definition) is 2. The summed E-state index contributed by atoms with van der Waals surface area (Å²) in [7, 11) is 0. The summed E-state index contributed by atoms with van der Waals surface area (Å²) in [5, 5.41) is 22.4. The minimum Gasteiger partial charge on any atom is -0.490 e. The van der Waals surface area contributed by atoms with Crippen LogP contribution in [-0.2, 0) is 0 Å². The minimum absolute atomic E-state index is 0.231. The van der Waals surface area contributed by atoms with Gasteiger partial charge in [-0.25, -0.2) is 0 Å². The van der Waals surface area contributed by atoms with Crippen molar-refractivity contribution in [3.8, 4) is 5.75 Å². The second kappa shape index (κ2) is 6.57. The normalized spacial score (nSPS) is 12.6. The first kappa shape index (κ1) is 15.5. The molecule has 0 aliphatic heterocycles. The van der Waals surface area contributed by atoms with Gasteiger partial charge >= 0.3 is 0 Å². The molecule has 0 fully saturated rings. The van der Waals surface area contributed by atoms with Gasteiger partial charge in [-0.15, -0.1) is 0 Å².